The number of aromatic nitrogens is 1. The highest BCUT2D eigenvalue weighted by Crippen LogP contribution is 2.27. The maximum atomic E-state index is 12.3. The molecule has 0 aliphatic heterocycles. The van der Waals surface area contributed by atoms with Crippen LogP contribution in [0.4, 0.5) is 5.13 Å². The molecular weight excluding hydrogens is 416 g/mol. The van der Waals surface area contributed by atoms with Crippen molar-refractivity contribution in [3.05, 3.63) is 89.8 Å². The Kier molecular flexibility index (Phi) is 7.31. The molecule has 3 aromatic carbocycles. The van der Waals surface area contributed by atoms with Gasteiger partial charge in [-0.05, 0) is 41.7 Å². The molecule has 32 heavy (non-hydrogen) atoms. The summed E-state index contributed by atoms with van der Waals surface area (Å²) in [5, 5.41) is 5.48. The van der Waals surface area contributed by atoms with Gasteiger partial charge in [-0.25, -0.2) is 4.98 Å². The minimum Gasteiger partial charge on any atom is -0.494 e. The van der Waals surface area contributed by atoms with Gasteiger partial charge in [0.15, 0.2) is 5.13 Å². The molecule has 0 saturated heterocycles. The standard InChI is InChI=1S/C27H26N2O2S/c1-2-20-10-16-24(17-11-20)31-18-6-9-26(30)29-27-28-25(19-32-27)23-14-12-22(13-15-23)21-7-4-3-5-8-21/h3-5,7-8,10-17,19H,2,6,9,18H2,1H3,(H,28,29,30). The van der Waals surface area contributed by atoms with E-state index >= 15 is 0 Å². The summed E-state index contributed by atoms with van der Waals surface area (Å²) < 4.78 is 5.72. The fourth-order valence-electron chi connectivity index (χ4n) is 3.35. The first-order chi connectivity index (χ1) is 15.7. The summed E-state index contributed by atoms with van der Waals surface area (Å²) in [5.74, 6) is 0.792. The Morgan fingerprint density at radius 2 is 1.59 bits per heavy atom. The van der Waals surface area contributed by atoms with Crippen molar-refractivity contribution in [2.24, 2.45) is 0 Å². The topological polar surface area (TPSA) is 51.2 Å². The van der Waals surface area contributed by atoms with Gasteiger partial charge in [0.2, 0.25) is 5.91 Å². The van der Waals surface area contributed by atoms with Crippen LogP contribution in [0, 0.1) is 0 Å². The first kappa shape index (κ1) is 21.8. The first-order valence-electron chi connectivity index (χ1n) is 10.8. The number of rotatable bonds is 9. The van der Waals surface area contributed by atoms with Crippen molar-refractivity contribution in [1.29, 1.82) is 0 Å². The molecule has 1 heterocycles. The second kappa shape index (κ2) is 10.7. The van der Waals surface area contributed by atoms with Crippen molar-refractivity contribution in [2.45, 2.75) is 26.2 Å². The number of anilines is 1. The van der Waals surface area contributed by atoms with Crippen LogP contribution >= 0.6 is 11.3 Å². The number of carbonyl (C=O) groups excluding carboxylic acids is 1. The summed E-state index contributed by atoms with van der Waals surface area (Å²) >= 11 is 1.44. The lowest BCUT2D eigenvalue weighted by Crippen LogP contribution is -2.12. The third-order valence-corrected chi connectivity index (χ3v) is 5.94. The fraction of sp³-hybridized carbons (Fsp3) is 0.185. The van der Waals surface area contributed by atoms with Crippen LogP contribution in [0.3, 0.4) is 0 Å². The van der Waals surface area contributed by atoms with Crippen molar-refractivity contribution in [3.8, 4) is 28.1 Å². The Balaban J connectivity index is 1.25. The van der Waals surface area contributed by atoms with Crippen molar-refractivity contribution in [1.82, 2.24) is 4.98 Å². The SMILES string of the molecule is CCc1ccc(OCCCC(=O)Nc2nc(-c3ccc(-c4ccccc4)cc3)cs2)cc1. The fourth-order valence-corrected chi connectivity index (χ4v) is 4.09. The Morgan fingerprint density at radius 3 is 2.31 bits per heavy atom. The molecule has 1 amide bonds. The Labute approximate surface area is 192 Å². The lowest BCUT2D eigenvalue weighted by molar-refractivity contribution is -0.116. The lowest BCUT2D eigenvalue weighted by atomic mass is 10.0. The molecule has 1 N–H and O–H groups in total. The van der Waals surface area contributed by atoms with Gasteiger partial charge in [-0.1, -0.05) is 73.7 Å². The van der Waals surface area contributed by atoms with E-state index in [0.717, 1.165) is 23.4 Å². The number of nitrogens with zero attached hydrogens (tertiary/aromatic N) is 1. The molecule has 0 spiro atoms. The maximum Gasteiger partial charge on any atom is 0.226 e. The summed E-state index contributed by atoms with van der Waals surface area (Å²) in [6.07, 6.45) is 2.06. The van der Waals surface area contributed by atoms with Gasteiger partial charge in [-0.2, -0.15) is 0 Å². The van der Waals surface area contributed by atoms with E-state index < -0.39 is 0 Å². The summed E-state index contributed by atoms with van der Waals surface area (Å²) in [5.41, 5.74) is 5.54. The van der Waals surface area contributed by atoms with Crippen molar-refractivity contribution >= 4 is 22.4 Å². The molecule has 4 rings (SSSR count). The zero-order valence-electron chi connectivity index (χ0n) is 18.1. The quantitative estimate of drug-likeness (QED) is 0.289. The van der Waals surface area contributed by atoms with Gasteiger partial charge in [0.25, 0.3) is 0 Å². The van der Waals surface area contributed by atoms with Crippen LogP contribution in [0.2, 0.25) is 0 Å². The minimum absolute atomic E-state index is 0.0461. The van der Waals surface area contributed by atoms with Gasteiger partial charge in [-0.15, -0.1) is 11.3 Å². The molecule has 4 nitrogen and oxygen atoms in total. The number of nitrogens with one attached hydrogen (secondary N) is 1. The molecule has 0 aliphatic rings. The molecule has 0 aliphatic carbocycles. The number of hydrogen-bond acceptors (Lipinski definition) is 4. The minimum atomic E-state index is -0.0461. The lowest BCUT2D eigenvalue weighted by Gasteiger charge is -2.06. The van der Waals surface area contributed by atoms with Crippen molar-refractivity contribution in [3.63, 3.8) is 0 Å². The number of benzene rings is 3. The van der Waals surface area contributed by atoms with E-state index in [0.29, 0.717) is 24.6 Å². The largest absolute Gasteiger partial charge is 0.494 e. The molecule has 0 saturated carbocycles. The monoisotopic (exact) mass is 442 g/mol. The molecule has 1 aromatic heterocycles. The van der Waals surface area contributed by atoms with Crippen LogP contribution in [0.1, 0.15) is 25.3 Å². The number of thiazole rings is 1. The Morgan fingerprint density at radius 1 is 0.906 bits per heavy atom. The molecule has 0 atom stereocenters. The normalized spacial score (nSPS) is 10.7. The van der Waals surface area contributed by atoms with Crippen LogP contribution in [0.15, 0.2) is 84.2 Å². The van der Waals surface area contributed by atoms with Crippen molar-refractivity contribution in [2.75, 3.05) is 11.9 Å². The third kappa shape index (κ3) is 5.83. The van der Waals surface area contributed by atoms with Gasteiger partial charge in [0.05, 0.1) is 12.3 Å². The highest BCUT2D eigenvalue weighted by Gasteiger charge is 2.09. The van der Waals surface area contributed by atoms with E-state index in [-0.39, 0.29) is 5.91 Å². The van der Waals surface area contributed by atoms with Crippen LogP contribution in [-0.4, -0.2) is 17.5 Å². The van der Waals surface area contributed by atoms with Crippen LogP contribution < -0.4 is 10.1 Å². The number of amides is 1. The summed E-state index contributed by atoms with van der Waals surface area (Å²) in [6.45, 7) is 2.64. The second-order valence-corrected chi connectivity index (χ2v) is 8.34. The zero-order chi connectivity index (χ0) is 22.2. The Hall–Kier alpha value is -3.44. The highest BCUT2D eigenvalue weighted by molar-refractivity contribution is 7.14. The van der Waals surface area contributed by atoms with Crippen LogP contribution in [-0.2, 0) is 11.2 Å². The van der Waals surface area contributed by atoms with Crippen LogP contribution in [0.5, 0.6) is 5.75 Å². The van der Waals surface area contributed by atoms with Gasteiger partial charge in [0, 0.05) is 17.4 Å². The smallest absolute Gasteiger partial charge is 0.226 e. The number of carbonyl (C=O) groups is 1. The number of ether oxygens (including phenoxy) is 1. The molecular formula is C27H26N2O2S. The van der Waals surface area contributed by atoms with E-state index in [1.165, 1.54) is 28.0 Å². The first-order valence-corrected chi connectivity index (χ1v) is 11.7. The molecule has 162 valence electrons. The van der Waals surface area contributed by atoms with Gasteiger partial charge >= 0.3 is 0 Å². The van der Waals surface area contributed by atoms with Gasteiger partial charge < -0.3 is 10.1 Å². The zero-order valence-corrected chi connectivity index (χ0v) is 18.9. The van der Waals surface area contributed by atoms with Crippen molar-refractivity contribution < 1.29 is 9.53 Å². The van der Waals surface area contributed by atoms with Gasteiger partial charge in [0.1, 0.15) is 5.75 Å². The van der Waals surface area contributed by atoms with Gasteiger partial charge in [-0.3, -0.25) is 4.79 Å². The third-order valence-electron chi connectivity index (χ3n) is 5.19. The molecule has 0 fully saturated rings. The molecule has 0 unspecified atom stereocenters. The maximum absolute atomic E-state index is 12.3. The number of aryl methyl sites for hydroxylation is 1. The predicted octanol–water partition coefficient (Wildman–Crippen LogP) is 6.84. The predicted molar refractivity (Wildman–Crippen MR) is 132 cm³/mol. The molecule has 0 radical (unpaired) electrons. The van der Waals surface area contributed by atoms with E-state index in [1.807, 2.05) is 35.7 Å². The average Bonchev–Trinajstić information content (AvgIpc) is 3.31. The Bertz CT molecular complexity index is 1140. The van der Waals surface area contributed by atoms with E-state index in [4.69, 9.17) is 4.74 Å². The van der Waals surface area contributed by atoms with E-state index in [2.05, 4.69) is 65.8 Å². The summed E-state index contributed by atoms with van der Waals surface area (Å²) in [6, 6.07) is 26.7. The average molecular weight is 443 g/mol. The van der Waals surface area contributed by atoms with Crippen LogP contribution in [0.25, 0.3) is 22.4 Å². The molecule has 0 bridgehead atoms. The highest BCUT2D eigenvalue weighted by atomic mass is 32.1. The summed E-state index contributed by atoms with van der Waals surface area (Å²) in [4.78, 5) is 16.8. The number of hydrogen-bond donors (Lipinski definition) is 1. The van der Waals surface area contributed by atoms with E-state index in [9.17, 15) is 4.79 Å². The van der Waals surface area contributed by atoms with E-state index in [1.54, 1.807) is 0 Å². The summed E-state index contributed by atoms with van der Waals surface area (Å²) in [7, 11) is 0. The molecule has 5 heteroatoms. The second-order valence-electron chi connectivity index (χ2n) is 7.48. The molecule has 4 aromatic rings.